The third kappa shape index (κ3) is 2.70. The molecule has 118 valence electrons. The molecule has 1 fully saturated rings. The van der Waals surface area contributed by atoms with E-state index in [0.29, 0.717) is 16.6 Å². The summed E-state index contributed by atoms with van der Waals surface area (Å²) in [6.45, 7) is 2.01. The number of hydrogen-bond donors (Lipinski definition) is 1. The number of benzene rings is 1. The van der Waals surface area contributed by atoms with Crippen molar-refractivity contribution in [3.8, 4) is 0 Å². The van der Waals surface area contributed by atoms with Crippen molar-refractivity contribution in [3.05, 3.63) is 23.8 Å². The highest BCUT2D eigenvalue weighted by molar-refractivity contribution is 5.97. The second kappa shape index (κ2) is 5.68. The summed E-state index contributed by atoms with van der Waals surface area (Å²) < 4.78 is 4.66. The van der Waals surface area contributed by atoms with Crippen LogP contribution in [0.5, 0.6) is 0 Å². The smallest absolute Gasteiger partial charge is 0.253 e. The van der Waals surface area contributed by atoms with Gasteiger partial charge in [-0.05, 0) is 60.6 Å². The molecule has 2 aromatic rings. The highest BCUT2D eigenvalue weighted by atomic mass is 16.6. The topological polar surface area (TPSA) is 79.5 Å². The van der Waals surface area contributed by atoms with E-state index in [-0.39, 0.29) is 11.9 Å². The first-order chi connectivity index (χ1) is 10.5. The Balaban J connectivity index is 1.71. The first-order valence-electron chi connectivity index (χ1n) is 7.74. The molecule has 1 aromatic carbocycles. The minimum absolute atomic E-state index is 0.0307. The van der Waals surface area contributed by atoms with Crippen molar-refractivity contribution in [1.82, 2.24) is 15.2 Å². The molecule has 0 spiro atoms. The van der Waals surface area contributed by atoms with Gasteiger partial charge in [0.1, 0.15) is 11.0 Å². The third-order valence-corrected chi connectivity index (χ3v) is 4.91. The fraction of sp³-hybridized carbons (Fsp3) is 0.562. The second-order valence-electron chi connectivity index (χ2n) is 6.19. The van der Waals surface area contributed by atoms with E-state index in [0.717, 1.165) is 32.1 Å². The van der Waals surface area contributed by atoms with Gasteiger partial charge in [-0.1, -0.05) is 6.92 Å². The molecule has 0 atom stereocenters. The van der Waals surface area contributed by atoms with E-state index in [9.17, 15) is 9.90 Å². The third-order valence-electron chi connectivity index (χ3n) is 4.91. The molecule has 1 amide bonds. The molecule has 1 aromatic heterocycles. The summed E-state index contributed by atoms with van der Waals surface area (Å²) in [5, 5.41) is 17.8. The Labute approximate surface area is 129 Å². The molecule has 1 N–H and O–H groups in total. The Kier molecular flexibility index (Phi) is 3.87. The van der Waals surface area contributed by atoms with Gasteiger partial charge in [0.15, 0.2) is 0 Å². The maximum absolute atomic E-state index is 12.6. The highest BCUT2D eigenvalue weighted by Gasteiger charge is 2.34. The van der Waals surface area contributed by atoms with Crippen LogP contribution in [0.4, 0.5) is 0 Å². The Morgan fingerprint density at radius 2 is 2.05 bits per heavy atom. The number of amides is 1. The van der Waals surface area contributed by atoms with Crippen LogP contribution in [0, 0.1) is 0 Å². The summed E-state index contributed by atoms with van der Waals surface area (Å²) in [6, 6.07) is 5.36. The summed E-state index contributed by atoms with van der Waals surface area (Å²) in [5.74, 6) is -0.0307. The molecular formula is C16H21N3O3. The van der Waals surface area contributed by atoms with Gasteiger partial charge in [0, 0.05) is 18.7 Å². The van der Waals surface area contributed by atoms with Crippen LogP contribution in [0.3, 0.4) is 0 Å². The maximum atomic E-state index is 12.6. The van der Waals surface area contributed by atoms with Gasteiger partial charge in [0.2, 0.25) is 0 Å². The standard InChI is InChI=1S/C16H21N3O3/c1-3-16(21)8-6-12(7-9-16)19(2)15(20)11-4-5-13-14(10-11)18-22-17-13/h4-5,10,12,21H,3,6-9H2,1-2H3/t12-,16+. The van der Waals surface area contributed by atoms with E-state index in [4.69, 9.17) is 0 Å². The van der Waals surface area contributed by atoms with Crippen LogP contribution in [0.1, 0.15) is 49.4 Å². The Morgan fingerprint density at radius 3 is 2.73 bits per heavy atom. The molecule has 0 radical (unpaired) electrons. The van der Waals surface area contributed by atoms with E-state index in [1.54, 1.807) is 23.1 Å². The number of nitrogens with zero attached hydrogens (tertiary/aromatic N) is 3. The SMILES string of the molecule is CC[C@]1(O)CC[C@@H](N(C)C(=O)c2ccc3nonc3c2)CC1. The van der Waals surface area contributed by atoms with Crippen molar-refractivity contribution in [3.63, 3.8) is 0 Å². The van der Waals surface area contributed by atoms with E-state index < -0.39 is 5.60 Å². The molecule has 0 bridgehead atoms. The maximum Gasteiger partial charge on any atom is 0.253 e. The molecule has 6 heteroatoms. The average molecular weight is 303 g/mol. The van der Waals surface area contributed by atoms with Gasteiger partial charge in [-0.15, -0.1) is 0 Å². The summed E-state index contributed by atoms with van der Waals surface area (Å²) in [4.78, 5) is 14.4. The normalized spacial score (nSPS) is 25.3. The van der Waals surface area contributed by atoms with Crippen LogP contribution < -0.4 is 0 Å². The molecule has 1 aliphatic carbocycles. The fourth-order valence-electron chi connectivity index (χ4n) is 3.17. The van der Waals surface area contributed by atoms with Crippen LogP contribution in [-0.2, 0) is 0 Å². The molecule has 0 aliphatic heterocycles. The fourth-order valence-corrected chi connectivity index (χ4v) is 3.17. The van der Waals surface area contributed by atoms with Crippen molar-refractivity contribution >= 4 is 16.9 Å². The molecule has 3 rings (SSSR count). The predicted molar refractivity (Wildman–Crippen MR) is 81.4 cm³/mol. The van der Waals surface area contributed by atoms with Gasteiger partial charge in [-0.2, -0.15) is 0 Å². The lowest BCUT2D eigenvalue weighted by molar-refractivity contribution is -0.0181. The summed E-state index contributed by atoms with van der Waals surface area (Å²) >= 11 is 0. The lowest BCUT2D eigenvalue weighted by Gasteiger charge is -2.39. The van der Waals surface area contributed by atoms with Crippen LogP contribution in [0.2, 0.25) is 0 Å². The molecule has 1 aliphatic rings. The average Bonchev–Trinajstić information content (AvgIpc) is 3.02. The molecule has 22 heavy (non-hydrogen) atoms. The largest absolute Gasteiger partial charge is 0.390 e. The molecular weight excluding hydrogens is 282 g/mol. The van der Waals surface area contributed by atoms with Gasteiger partial charge in [0.25, 0.3) is 5.91 Å². The van der Waals surface area contributed by atoms with Crippen LogP contribution in [-0.4, -0.2) is 44.9 Å². The summed E-state index contributed by atoms with van der Waals surface area (Å²) in [6.07, 6.45) is 3.93. The Bertz CT molecular complexity index is 674. The van der Waals surface area contributed by atoms with Gasteiger partial charge in [0.05, 0.1) is 5.60 Å². The summed E-state index contributed by atoms with van der Waals surface area (Å²) in [7, 11) is 1.83. The first-order valence-corrected chi connectivity index (χ1v) is 7.74. The molecule has 1 heterocycles. The number of rotatable bonds is 3. The summed E-state index contributed by atoms with van der Waals surface area (Å²) in [5.41, 5.74) is 1.27. The van der Waals surface area contributed by atoms with Crippen LogP contribution in [0.25, 0.3) is 11.0 Å². The Hall–Kier alpha value is -1.95. The van der Waals surface area contributed by atoms with E-state index >= 15 is 0 Å². The first kappa shape index (κ1) is 15.0. The van der Waals surface area contributed by atoms with Crippen molar-refractivity contribution in [2.24, 2.45) is 0 Å². The van der Waals surface area contributed by atoms with E-state index in [1.165, 1.54) is 0 Å². The van der Waals surface area contributed by atoms with Crippen molar-refractivity contribution in [2.45, 2.75) is 50.7 Å². The van der Waals surface area contributed by atoms with Crippen LogP contribution >= 0.6 is 0 Å². The minimum Gasteiger partial charge on any atom is -0.390 e. The zero-order valence-corrected chi connectivity index (χ0v) is 13.0. The van der Waals surface area contributed by atoms with Gasteiger partial charge in [-0.25, -0.2) is 4.63 Å². The lowest BCUT2D eigenvalue weighted by atomic mass is 9.80. The molecule has 0 saturated heterocycles. The van der Waals surface area contributed by atoms with Crippen LogP contribution in [0.15, 0.2) is 22.8 Å². The zero-order chi connectivity index (χ0) is 15.7. The number of carbonyl (C=O) groups excluding carboxylic acids is 1. The van der Waals surface area contributed by atoms with Gasteiger partial charge >= 0.3 is 0 Å². The molecule has 1 saturated carbocycles. The monoisotopic (exact) mass is 303 g/mol. The number of aromatic nitrogens is 2. The minimum atomic E-state index is -0.550. The number of aliphatic hydroxyl groups is 1. The predicted octanol–water partition coefficient (Wildman–Crippen LogP) is 2.38. The van der Waals surface area contributed by atoms with Gasteiger partial charge in [-0.3, -0.25) is 4.79 Å². The van der Waals surface area contributed by atoms with Gasteiger partial charge < -0.3 is 10.0 Å². The van der Waals surface area contributed by atoms with Crippen molar-refractivity contribution in [2.75, 3.05) is 7.05 Å². The van der Waals surface area contributed by atoms with Crippen molar-refractivity contribution < 1.29 is 14.5 Å². The number of hydrogen-bond acceptors (Lipinski definition) is 5. The van der Waals surface area contributed by atoms with E-state index in [2.05, 4.69) is 14.9 Å². The highest BCUT2D eigenvalue weighted by Crippen LogP contribution is 2.33. The quantitative estimate of drug-likeness (QED) is 0.941. The second-order valence-corrected chi connectivity index (χ2v) is 6.19. The zero-order valence-electron chi connectivity index (χ0n) is 13.0. The number of fused-ring (bicyclic) bond motifs is 1. The van der Waals surface area contributed by atoms with E-state index in [1.807, 2.05) is 14.0 Å². The lowest BCUT2D eigenvalue weighted by Crippen LogP contribution is -2.44. The number of carbonyl (C=O) groups is 1. The molecule has 6 nitrogen and oxygen atoms in total. The Morgan fingerprint density at radius 1 is 1.36 bits per heavy atom. The van der Waals surface area contributed by atoms with Crippen molar-refractivity contribution in [1.29, 1.82) is 0 Å². The molecule has 0 unspecified atom stereocenters.